The van der Waals surface area contributed by atoms with Crippen LogP contribution >= 0.6 is 0 Å². The first-order valence-corrected chi connectivity index (χ1v) is 11.5. The molecule has 0 aromatic heterocycles. The number of hydrogen-bond donors (Lipinski definition) is 2. The highest BCUT2D eigenvalue weighted by molar-refractivity contribution is 5.97. The number of fused-ring (bicyclic) bond motifs is 1. The number of ether oxygens (including phenoxy) is 1. The van der Waals surface area contributed by atoms with Crippen molar-refractivity contribution in [3.63, 3.8) is 0 Å². The fraction of sp³-hybridized carbons (Fsp3) is 0.520. The zero-order valence-electron chi connectivity index (χ0n) is 18.9. The van der Waals surface area contributed by atoms with Crippen LogP contribution in [0.2, 0.25) is 0 Å². The Bertz CT molecular complexity index is 888. The molecule has 1 fully saturated rings. The van der Waals surface area contributed by atoms with E-state index in [1.807, 2.05) is 29.2 Å². The number of aliphatic hydroxyl groups excluding tert-OH is 1. The van der Waals surface area contributed by atoms with E-state index in [-0.39, 0.29) is 17.9 Å². The summed E-state index contributed by atoms with van der Waals surface area (Å²) < 4.78 is 5.82. The monoisotopic (exact) mass is 438 g/mol. The molecule has 1 unspecified atom stereocenters. The van der Waals surface area contributed by atoms with Gasteiger partial charge in [-0.2, -0.15) is 0 Å². The Morgan fingerprint density at radius 3 is 2.75 bits per heavy atom. The van der Waals surface area contributed by atoms with Crippen LogP contribution in [0.1, 0.15) is 25.3 Å². The highest BCUT2D eigenvalue weighted by Crippen LogP contribution is 2.37. The van der Waals surface area contributed by atoms with Gasteiger partial charge in [-0.3, -0.25) is 14.7 Å². The second kappa shape index (κ2) is 10.4. The van der Waals surface area contributed by atoms with Crippen LogP contribution in [0.25, 0.3) is 0 Å². The zero-order chi connectivity index (χ0) is 22.4. The number of amides is 1. The van der Waals surface area contributed by atoms with Crippen LogP contribution in [0.3, 0.4) is 0 Å². The summed E-state index contributed by atoms with van der Waals surface area (Å²) in [6.07, 6.45) is 5.61. The Kier molecular flexibility index (Phi) is 7.40. The fourth-order valence-electron chi connectivity index (χ4n) is 4.36. The fourth-order valence-corrected chi connectivity index (χ4v) is 4.36. The molecule has 4 rings (SSSR count). The number of carbonyl (C=O) groups is 1. The van der Waals surface area contributed by atoms with Gasteiger partial charge in [0, 0.05) is 55.8 Å². The van der Waals surface area contributed by atoms with Gasteiger partial charge >= 0.3 is 0 Å². The van der Waals surface area contributed by atoms with Crippen LogP contribution < -0.4 is 5.32 Å². The number of aliphatic hydroxyl groups is 1. The Morgan fingerprint density at radius 2 is 2.00 bits per heavy atom. The molecule has 1 aromatic carbocycles. The normalized spacial score (nSPS) is 23.6. The van der Waals surface area contributed by atoms with E-state index >= 15 is 0 Å². The maximum atomic E-state index is 13.1. The molecule has 2 heterocycles. The number of rotatable bonds is 8. The van der Waals surface area contributed by atoms with Crippen LogP contribution in [-0.4, -0.2) is 79.1 Å². The molecular weight excluding hydrogens is 404 g/mol. The van der Waals surface area contributed by atoms with E-state index in [0.717, 1.165) is 49.6 Å². The number of carbonyl (C=O) groups excluding carboxylic acids is 1. The molecule has 2 N–H and O–H groups in total. The van der Waals surface area contributed by atoms with Crippen LogP contribution in [0, 0.1) is 5.41 Å². The summed E-state index contributed by atoms with van der Waals surface area (Å²) in [5, 5.41) is 12.6. The molecule has 0 saturated carbocycles. The lowest BCUT2D eigenvalue weighted by molar-refractivity contribution is -0.128. The number of piperazine rings is 1. The number of β-amino-alcohol motifs (C(OH)–C–C–N with tert-alkyl or cyclic N) is 1. The maximum Gasteiger partial charge on any atom is 0.253 e. The average molecular weight is 439 g/mol. The Labute approximate surface area is 190 Å². The van der Waals surface area contributed by atoms with Gasteiger partial charge in [0.1, 0.15) is 5.84 Å². The van der Waals surface area contributed by atoms with Crippen molar-refractivity contribution in [3.8, 4) is 0 Å². The number of allylic oxidation sites excluding steroid dienone is 1. The van der Waals surface area contributed by atoms with Crippen LogP contribution in [0.4, 0.5) is 0 Å². The van der Waals surface area contributed by atoms with Gasteiger partial charge in [-0.05, 0) is 18.1 Å². The van der Waals surface area contributed by atoms with E-state index in [0.29, 0.717) is 32.8 Å². The highest BCUT2D eigenvalue weighted by Gasteiger charge is 2.36. The molecule has 0 bridgehead atoms. The summed E-state index contributed by atoms with van der Waals surface area (Å²) in [6.45, 7) is 7.99. The summed E-state index contributed by atoms with van der Waals surface area (Å²) in [7, 11) is 0. The predicted octanol–water partition coefficient (Wildman–Crippen LogP) is 1.95. The molecule has 1 saturated heterocycles. The van der Waals surface area contributed by atoms with Crippen LogP contribution in [0.15, 0.2) is 58.7 Å². The summed E-state index contributed by atoms with van der Waals surface area (Å²) in [5.74, 6) is 1.02. The average Bonchev–Trinajstić information content (AvgIpc) is 2.82. The van der Waals surface area contributed by atoms with Crippen molar-refractivity contribution in [3.05, 3.63) is 59.3 Å². The highest BCUT2D eigenvalue weighted by atomic mass is 16.5. The minimum Gasteiger partial charge on any atom is -0.395 e. The topological polar surface area (TPSA) is 77.4 Å². The lowest BCUT2D eigenvalue weighted by Crippen LogP contribution is -2.50. The Morgan fingerprint density at radius 1 is 1.22 bits per heavy atom. The first-order valence-electron chi connectivity index (χ1n) is 11.5. The number of amidine groups is 1. The van der Waals surface area contributed by atoms with Crippen molar-refractivity contribution in [1.82, 2.24) is 15.1 Å². The molecule has 0 radical (unpaired) electrons. The van der Waals surface area contributed by atoms with E-state index < -0.39 is 0 Å². The van der Waals surface area contributed by atoms with Gasteiger partial charge in [-0.1, -0.05) is 43.3 Å². The lowest BCUT2D eigenvalue weighted by Gasteiger charge is -2.39. The quantitative estimate of drug-likeness (QED) is 0.607. The van der Waals surface area contributed by atoms with Gasteiger partial charge in [0.25, 0.3) is 5.91 Å². The van der Waals surface area contributed by atoms with Crippen molar-refractivity contribution >= 4 is 11.7 Å². The third-order valence-corrected chi connectivity index (χ3v) is 6.54. The van der Waals surface area contributed by atoms with Gasteiger partial charge in [-0.15, -0.1) is 0 Å². The summed E-state index contributed by atoms with van der Waals surface area (Å²) in [5.41, 5.74) is 2.93. The molecule has 7 nitrogen and oxygen atoms in total. The van der Waals surface area contributed by atoms with Crippen molar-refractivity contribution in [2.45, 2.75) is 26.4 Å². The summed E-state index contributed by atoms with van der Waals surface area (Å²) >= 11 is 0. The molecule has 1 aromatic rings. The molecule has 0 spiro atoms. The molecule has 1 atom stereocenters. The Hall–Kier alpha value is -2.48. The molecule has 1 amide bonds. The molecule has 1 aliphatic carbocycles. The van der Waals surface area contributed by atoms with Crippen molar-refractivity contribution < 1.29 is 14.6 Å². The SMILES string of the molecule is CC12CC=C(C(=O)N3CCN(CCO)CC3)C=C1NC(CCOCc1ccccc1)=NC2. The second-order valence-corrected chi connectivity index (χ2v) is 9.02. The number of nitrogens with one attached hydrogen (secondary N) is 1. The van der Waals surface area contributed by atoms with Crippen molar-refractivity contribution in [1.29, 1.82) is 0 Å². The maximum absolute atomic E-state index is 13.1. The van der Waals surface area contributed by atoms with Gasteiger partial charge in [-0.25, -0.2) is 0 Å². The zero-order valence-corrected chi connectivity index (χ0v) is 18.9. The van der Waals surface area contributed by atoms with Gasteiger partial charge in [0.2, 0.25) is 0 Å². The van der Waals surface area contributed by atoms with E-state index in [2.05, 4.69) is 35.3 Å². The molecule has 2 aliphatic heterocycles. The summed E-state index contributed by atoms with van der Waals surface area (Å²) in [6, 6.07) is 10.2. The van der Waals surface area contributed by atoms with E-state index in [9.17, 15) is 4.79 Å². The molecule has 3 aliphatic rings. The second-order valence-electron chi connectivity index (χ2n) is 9.02. The molecular formula is C25H34N4O3. The van der Waals surface area contributed by atoms with E-state index in [1.54, 1.807) is 0 Å². The Balaban J connectivity index is 1.30. The van der Waals surface area contributed by atoms with Crippen molar-refractivity contribution in [2.75, 3.05) is 52.5 Å². The van der Waals surface area contributed by atoms with Gasteiger partial charge in [0.05, 0.1) is 26.4 Å². The van der Waals surface area contributed by atoms with E-state index in [1.165, 1.54) is 5.56 Å². The first-order chi connectivity index (χ1) is 15.6. The summed E-state index contributed by atoms with van der Waals surface area (Å²) in [4.78, 5) is 22.0. The number of nitrogens with zero attached hydrogens (tertiary/aromatic N) is 3. The smallest absolute Gasteiger partial charge is 0.253 e. The van der Waals surface area contributed by atoms with Crippen molar-refractivity contribution in [2.24, 2.45) is 10.4 Å². The predicted molar refractivity (Wildman–Crippen MR) is 125 cm³/mol. The minimum atomic E-state index is -0.0853. The number of aliphatic imine (C=N–C) groups is 1. The van der Waals surface area contributed by atoms with Crippen LogP contribution in [0.5, 0.6) is 0 Å². The van der Waals surface area contributed by atoms with Gasteiger partial charge in [0.15, 0.2) is 0 Å². The number of hydrogen-bond acceptors (Lipinski definition) is 6. The standard InChI is InChI=1S/C25H34N4O3/c1-25-9-7-21(24(31)29-12-10-28(11-13-29)14-15-30)17-22(25)27-23(26-19-25)8-16-32-18-20-5-3-2-4-6-20/h2-7,17,30H,8-16,18-19H2,1H3,(H,26,27). The van der Waals surface area contributed by atoms with Crippen LogP contribution in [-0.2, 0) is 16.1 Å². The largest absolute Gasteiger partial charge is 0.395 e. The lowest BCUT2D eigenvalue weighted by atomic mass is 9.77. The molecule has 32 heavy (non-hydrogen) atoms. The first kappa shape index (κ1) is 22.7. The number of benzene rings is 1. The molecule has 7 heteroatoms. The van der Waals surface area contributed by atoms with Gasteiger partial charge < -0.3 is 20.1 Å². The minimum absolute atomic E-state index is 0.0853. The van der Waals surface area contributed by atoms with E-state index in [4.69, 9.17) is 14.8 Å². The third kappa shape index (κ3) is 5.46. The molecule has 172 valence electrons. The third-order valence-electron chi connectivity index (χ3n) is 6.54.